The van der Waals surface area contributed by atoms with Gasteiger partial charge in [-0.3, -0.25) is 4.98 Å². The third kappa shape index (κ3) is 3.84. The summed E-state index contributed by atoms with van der Waals surface area (Å²) >= 11 is 0. The average molecular weight is 276 g/mol. The van der Waals surface area contributed by atoms with Crippen LogP contribution in [0.3, 0.4) is 0 Å². The maximum absolute atomic E-state index is 13.8. The fourth-order valence-corrected chi connectivity index (χ4v) is 2.10. The average Bonchev–Trinajstić information content (AvgIpc) is 2.48. The predicted molar refractivity (Wildman–Crippen MR) is 75.3 cm³/mol. The number of halogens is 2. The second-order valence-electron chi connectivity index (χ2n) is 4.70. The quantitative estimate of drug-likeness (QED) is 0.871. The van der Waals surface area contributed by atoms with Crippen LogP contribution in [-0.4, -0.2) is 11.5 Å². The summed E-state index contributed by atoms with van der Waals surface area (Å²) in [5.74, 6) is -0.803. The van der Waals surface area contributed by atoms with E-state index in [-0.39, 0.29) is 11.9 Å². The van der Waals surface area contributed by atoms with Crippen molar-refractivity contribution in [1.82, 2.24) is 10.3 Å². The van der Waals surface area contributed by atoms with E-state index < -0.39 is 5.82 Å². The zero-order valence-corrected chi connectivity index (χ0v) is 11.4. The molecule has 0 aliphatic rings. The molecule has 1 unspecified atom stereocenters. The Morgan fingerprint density at radius 2 is 2.05 bits per heavy atom. The lowest BCUT2D eigenvalue weighted by molar-refractivity contribution is 0.500. The number of hydrogen-bond acceptors (Lipinski definition) is 2. The third-order valence-corrected chi connectivity index (χ3v) is 3.12. The molecular formula is C16H18F2N2. The van der Waals surface area contributed by atoms with Gasteiger partial charge in [0, 0.05) is 6.20 Å². The molecule has 1 heterocycles. The van der Waals surface area contributed by atoms with Gasteiger partial charge in [-0.1, -0.05) is 13.0 Å². The minimum atomic E-state index is -0.420. The number of pyridine rings is 1. The first kappa shape index (κ1) is 14.6. The van der Waals surface area contributed by atoms with Crippen LogP contribution in [0.25, 0.3) is 0 Å². The Morgan fingerprint density at radius 1 is 1.20 bits per heavy atom. The first-order chi connectivity index (χ1) is 9.70. The highest BCUT2D eigenvalue weighted by Crippen LogP contribution is 2.19. The topological polar surface area (TPSA) is 24.9 Å². The van der Waals surface area contributed by atoms with E-state index in [0.717, 1.165) is 24.7 Å². The molecule has 1 N–H and O–H groups in total. The second-order valence-corrected chi connectivity index (χ2v) is 4.70. The molecule has 106 valence electrons. The summed E-state index contributed by atoms with van der Waals surface area (Å²) < 4.78 is 27.0. The van der Waals surface area contributed by atoms with E-state index in [9.17, 15) is 8.78 Å². The van der Waals surface area contributed by atoms with Gasteiger partial charge >= 0.3 is 0 Å². The van der Waals surface area contributed by atoms with E-state index in [1.54, 1.807) is 6.20 Å². The second kappa shape index (κ2) is 7.10. The Hall–Kier alpha value is -1.81. The van der Waals surface area contributed by atoms with E-state index in [0.29, 0.717) is 12.0 Å². The van der Waals surface area contributed by atoms with Crippen LogP contribution in [0.15, 0.2) is 42.6 Å². The summed E-state index contributed by atoms with van der Waals surface area (Å²) in [5.41, 5.74) is 1.20. The SMILES string of the molecule is CCCNC(Cc1cc(F)ccc1F)c1ccccn1. The van der Waals surface area contributed by atoms with Gasteiger partial charge in [-0.25, -0.2) is 8.78 Å². The Labute approximate surface area is 117 Å². The van der Waals surface area contributed by atoms with Crippen molar-refractivity contribution in [3.8, 4) is 0 Å². The van der Waals surface area contributed by atoms with Crippen LogP contribution in [0.2, 0.25) is 0 Å². The number of nitrogens with one attached hydrogen (secondary N) is 1. The molecule has 0 bridgehead atoms. The van der Waals surface area contributed by atoms with Gasteiger partial charge in [0.15, 0.2) is 0 Å². The zero-order valence-electron chi connectivity index (χ0n) is 11.4. The minimum absolute atomic E-state index is 0.118. The summed E-state index contributed by atoms with van der Waals surface area (Å²) in [6.45, 7) is 2.86. The largest absolute Gasteiger partial charge is 0.308 e. The third-order valence-electron chi connectivity index (χ3n) is 3.12. The summed E-state index contributed by atoms with van der Waals surface area (Å²) in [6.07, 6.45) is 3.05. The summed E-state index contributed by atoms with van der Waals surface area (Å²) in [6, 6.07) is 9.05. The van der Waals surface area contributed by atoms with Gasteiger partial charge in [-0.15, -0.1) is 0 Å². The molecule has 0 saturated heterocycles. The van der Waals surface area contributed by atoms with Crippen molar-refractivity contribution in [1.29, 1.82) is 0 Å². The number of aromatic nitrogens is 1. The highest BCUT2D eigenvalue weighted by atomic mass is 19.1. The van der Waals surface area contributed by atoms with Gasteiger partial charge in [0.25, 0.3) is 0 Å². The number of hydrogen-bond donors (Lipinski definition) is 1. The molecule has 0 fully saturated rings. The molecule has 2 rings (SSSR count). The van der Waals surface area contributed by atoms with Gasteiger partial charge in [-0.05, 0) is 55.3 Å². The molecule has 20 heavy (non-hydrogen) atoms. The molecule has 0 aliphatic carbocycles. The van der Waals surface area contributed by atoms with Crippen LogP contribution in [0, 0.1) is 11.6 Å². The molecule has 2 nitrogen and oxygen atoms in total. The lowest BCUT2D eigenvalue weighted by atomic mass is 10.0. The molecule has 0 saturated carbocycles. The molecule has 0 spiro atoms. The minimum Gasteiger partial charge on any atom is -0.308 e. The highest BCUT2D eigenvalue weighted by Gasteiger charge is 2.15. The summed E-state index contributed by atoms with van der Waals surface area (Å²) in [5, 5.41) is 3.33. The first-order valence-electron chi connectivity index (χ1n) is 6.79. The van der Waals surface area contributed by atoms with Crippen molar-refractivity contribution in [2.24, 2.45) is 0 Å². The maximum Gasteiger partial charge on any atom is 0.126 e. The summed E-state index contributed by atoms with van der Waals surface area (Å²) in [4.78, 5) is 4.30. The fraction of sp³-hybridized carbons (Fsp3) is 0.312. The number of benzene rings is 1. The van der Waals surface area contributed by atoms with Crippen LogP contribution >= 0.6 is 0 Å². The predicted octanol–water partition coefficient (Wildman–Crippen LogP) is 3.64. The Bertz CT molecular complexity index is 543. The number of nitrogens with zero attached hydrogens (tertiary/aromatic N) is 1. The fourth-order valence-electron chi connectivity index (χ4n) is 2.10. The van der Waals surface area contributed by atoms with E-state index in [4.69, 9.17) is 0 Å². The molecule has 1 aromatic carbocycles. The Kier molecular flexibility index (Phi) is 5.18. The molecule has 0 amide bonds. The van der Waals surface area contributed by atoms with Crippen molar-refractivity contribution in [3.63, 3.8) is 0 Å². The van der Waals surface area contributed by atoms with Gasteiger partial charge in [0.1, 0.15) is 11.6 Å². The monoisotopic (exact) mass is 276 g/mol. The molecule has 2 aromatic rings. The van der Waals surface area contributed by atoms with Crippen molar-refractivity contribution < 1.29 is 8.78 Å². The Balaban J connectivity index is 2.21. The van der Waals surface area contributed by atoms with E-state index in [1.807, 2.05) is 18.2 Å². The molecule has 0 aliphatic heterocycles. The van der Waals surface area contributed by atoms with Crippen LogP contribution in [-0.2, 0) is 6.42 Å². The normalized spacial score (nSPS) is 12.3. The van der Waals surface area contributed by atoms with Crippen LogP contribution < -0.4 is 5.32 Å². The zero-order chi connectivity index (χ0) is 14.4. The molecule has 1 atom stereocenters. The lowest BCUT2D eigenvalue weighted by Gasteiger charge is -2.18. The van der Waals surface area contributed by atoms with E-state index in [2.05, 4.69) is 17.2 Å². The summed E-state index contributed by atoms with van der Waals surface area (Å²) in [7, 11) is 0. The van der Waals surface area contributed by atoms with Crippen LogP contribution in [0.1, 0.15) is 30.6 Å². The van der Waals surface area contributed by atoms with Gasteiger partial charge in [-0.2, -0.15) is 0 Å². The van der Waals surface area contributed by atoms with Crippen molar-refractivity contribution in [2.75, 3.05) is 6.54 Å². The molecule has 1 aromatic heterocycles. The van der Waals surface area contributed by atoms with Crippen LogP contribution in [0.5, 0.6) is 0 Å². The van der Waals surface area contributed by atoms with Crippen molar-refractivity contribution in [3.05, 3.63) is 65.5 Å². The van der Waals surface area contributed by atoms with Gasteiger partial charge in [0.05, 0.1) is 11.7 Å². The van der Waals surface area contributed by atoms with Crippen molar-refractivity contribution >= 4 is 0 Å². The smallest absolute Gasteiger partial charge is 0.126 e. The number of rotatable bonds is 6. The maximum atomic E-state index is 13.8. The molecular weight excluding hydrogens is 258 g/mol. The standard InChI is InChI=1S/C16H18F2N2/c1-2-8-19-16(15-5-3-4-9-20-15)11-12-10-13(17)6-7-14(12)18/h3-7,9-10,16,19H,2,8,11H2,1H3. The van der Waals surface area contributed by atoms with E-state index >= 15 is 0 Å². The van der Waals surface area contributed by atoms with Gasteiger partial charge < -0.3 is 5.32 Å². The first-order valence-corrected chi connectivity index (χ1v) is 6.79. The Morgan fingerprint density at radius 3 is 2.75 bits per heavy atom. The van der Waals surface area contributed by atoms with E-state index in [1.165, 1.54) is 12.1 Å². The van der Waals surface area contributed by atoms with Crippen molar-refractivity contribution in [2.45, 2.75) is 25.8 Å². The molecule has 0 radical (unpaired) electrons. The van der Waals surface area contributed by atoms with Gasteiger partial charge in [0.2, 0.25) is 0 Å². The van der Waals surface area contributed by atoms with Crippen LogP contribution in [0.4, 0.5) is 8.78 Å². The highest BCUT2D eigenvalue weighted by molar-refractivity contribution is 5.22. The molecule has 4 heteroatoms. The lowest BCUT2D eigenvalue weighted by Crippen LogP contribution is -2.25.